The van der Waals surface area contributed by atoms with Crippen LogP contribution in [0, 0.1) is 0 Å². The van der Waals surface area contributed by atoms with Gasteiger partial charge in [0.05, 0.1) is 0 Å². The molecule has 4 nitrogen and oxygen atoms in total. The molecule has 0 spiro atoms. The maximum atomic E-state index is 4.29. The lowest BCUT2D eigenvalue weighted by atomic mass is 10.2. The topological polar surface area (TPSA) is 51.6 Å². The zero-order valence-electron chi connectivity index (χ0n) is 7.94. The van der Waals surface area contributed by atoms with E-state index < -0.39 is 0 Å². The van der Waals surface area contributed by atoms with Gasteiger partial charge in [-0.2, -0.15) is 0 Å². The minimum atomic E-state index is 0.318. The zero-order chi connectivity index (χ0) is 9.14. The van der Waals surface area contributed by atoms with Gasteiger partial charge in [-0.1, -0.05) is 27.7 Å². The highest BCUT2D eigenvalue weighted by molar-refractivity contribution is 4.95. The molecule has 0 aliphatic heterocycles. The Kier molecular flexibility index (Phi) is 2.68. The summed E-state index contributed by atoms with van der Waals surface area (Å²) in [7, 11) is 0. The molecule has 12 heavy (non-hydrogen) atoms. The number of nitrogens with zero attached hydrogens (tertiary/aromatic N) is 4. The summed E-state index contributed by atoms with van der Waals surface area (Å²) < 4.78 is 0. The fourth-order valence-corrected chi connectivity index (χ4v) is 0.765. The van der Waals surface area contributed by atoms with E-state index in [-0.39, 0.29) is 0 Å². The lowest BCUT2D eigenvalue weighted by Gasteiger charge is -2.04. The summed E-state index contributed by atoms with van der Waals surface area (Å²) in [5, 5.41) is 11.4. The first-order valence-corrected chi connectivity index (χ1v) is 4.18. The molecule has 0 aromatic carbocycles. The maximum Gasteiger partial charge on any atom is 0.157 e. The van der Waals surface area contributed by atoms with Crippen LogP contribution in [-0.4, -0.2) is 20.4 Å². The van der Waals surface area contributed by atoms with Crippen LogP contribution in [-0.2, 0) is 0 Å². The monoisotopic (exact) mass is 166 g/mol. The van der Waals surface area contributed by atoms with Crippen molar-refractivity contribution in [3.05, 3.63) is 11.6 Å². The van der Waals surface area contributed by atoms with Crippen LogP contribution in [0.15, 0.2) is 0 Å². The van der Waals surface area contributed by atoms with E-state index in [1.165, 1.54) is 0 Å². The smallest absolute Gasteiger partial charge is 0.157 e. The lowest BCUT2D eigenvalue weighted by Crippen LogP contribution is -2.07. The molecule has 0 saturated heterocycles. The molecule has 0 saturated carbocycles. The van der Waals surface area contributed by atoms with Crippen LogP contribution in [0.5, 0.6) is 0 Å². The van der Waals surface area contributed by atoms with Crippen LogP contribution in [0.2, 0.25) is 0 Å². The van der Waals surface area contributed by atoms with Gasteiger partial charge >= 0.3 is 0 Å². The van der Waals surface area contributed by atoms with E-state index in [4.69, 9.17) is 0 Å². The van der Waals surface area contributed by atoms with E-state index in [0.717, 1.165) is 11.6 Å². The van der Waals surface area contributed by atoms with Crippen molar-refractivity contribution in [2.45, 2.75) is 39.5 Å². The average molecular weight is 166 g/mol. The molecule has 0 N–H and O–H groups in total. The Bertz CT molecular complexity index is 234. The Labute approximate surface area is 72.4 Å². The lowest BCUT2D eigenvalue weighted by molar-refractivity contribution is 0.627. The summed E-state index contributed by atoms with van der Waals surface area (Å²) in [6.07, 6.45) is 0. The Hall–Kier alpha value is -1.06. The van der Waals surface area contributed by atoms with E-state index >= 15 is 0 Å². The summed E-state index contributed by atoms with van der Waals surface area (Å²) in [6, 6.07) is 0. The molecule has 1 aromatic rings. The predicted octanol–water partition coefficient (Wildman–Crippen LogP) is 1.51. The van der Waals surface area contributed by atoms with E-state index in [1.54, 1.807) is 0 Å². The van der Waals surface area contributed by atoms with Gasteiger partial charge in [-0.25, -0.2) is 4.98 Å². The third-order valence-corrected chi connectivity index (χ3v) is 1.56. The first-order valence-electron chi connectivity index (χ1n) is 4.18. The molecule has 0 unspecified atom stereocenters. The molecule has 0 fully saturated rings. The summed E-state index contributed by atoms with van der Waals surface area (Å²) in [6.45, 7) is 8.17. The fraction of sp³-hybridized carbons (Fsp3) is 0.750. The van der Waals surface area contributed by atoms with Crippen molar-refractivity contribution >= 4 is 0 Å². The van der Waals surface area contributed by atoms with Crippen molar-refractivity contribution in [2.24, 2.45) is 0 Å². The van der Waals surface area contributed by atoms with Crippen LogP contribution in [0.25, 0.3) is 0 Å². The average Bonchev–Trinajstić information content (AvgIpc) is 2.04. The van der Waals surface area contributed by atoms with Gasteiger partial charge < -0.3 is 0 Å². The fourth-order valence-electron chi connectivity index (χ4n) is 0.765. The second kappa shape index (κ2) is 3.56. The molecule has 0 amide bonds. The van der Waals surface area contributed by atoms with Crippen molar-refractivity contribution in [1.82, 2.24) is 20.4 Å². The second-order valence-corrected chi connectivity index (χ2v) is 3.43. The van der Waals surface area contributed by atoms with Gasteiger partial charge in [0.25, 0.3) is 0 Å². The molecular weight excluding hydrogens is 152 g/mol. The summed E-state index contributed by atoms with van der Waals surface area (Å²) in [5.74, 6) is 2.18. The molecule has 0 atom stereocenters. The molecule has 0 radical (unpaired) electrons. The van der Waals surface area contributed by atoms with Gasteiger partial charge in [0.1, 0.15) is 0 Å². The maximum absolute atomic E-state index is 4.29. The summed E-state index contributed by atoms with van der Waals surface area (Å²) in [5.41, 5.74) is 0. The summed E-state index contributed by atoms with van der Waals surface area (Å²) >= 11 is 0. The zero-order valence-corrected chi connectivity index (χ0v) is 7.94. The van der Waals surface area contributed by atoms with E-state index in [1.807, 2.05) is 27.7 Å². The molecule has 0 aliphatic rings. The van der Waals surface area contributed by atoms with Crippen molar-refractivity contribution in [3.8, 4) is 0 Å². The van der Waals surface area contributed by atoms with Gasteiger partial charge in [-0.3, -0.25) is 0 Å². The highest BCUT2D eigenvalue weighted by atomic mass is 15.3. The third-order valence-electron chi connectivity index (χ3n) is 1.56. The first kappa shape index (κ1) is 9.03. The van der Waals surface area contributed by atoms with Crippen LogP contribution in [0.4, 0.5) is 0 Å². The Morgan fingerprint density at radius 3 is 1.58 bits per heavy atom. The van der Waals surface area contributed by atoms with Gasteiger partial charge in [0, 0.05) is 11.8 Å². The Morgan fingerprint density at radius 2 is 1.25 bits per heavy atom. The number of hydrogen-bond donors (Lipinski definition) is 0. The molecule has 66 valence electrons. The SMILES string of the molecule is CC(C)c1nnnc(C(C)C)n1. The van der Waals surface area contributed by atoms with Gasteiger partial charge in [-0.15, -0.1) is 10.2 Å². The van der Waals surface area contributed by atoms with Crippen LogP contribution < -0.4 is 0 Å². The normalized spacial score (nSPS) is 11.2. The number of rotatable bonds is 2. The van der Waals surface area contributed by atoms with Crippen molar-refractivity contribution in [2.75, 3.05) is 0 Å². The minimum Gasteiger partial charge on any atom is -0.214 e. The standard InChI is InChI=1S/C8H14N4/c1-5(2)7-9-8(6(3)4)11-12-10-7/h5-6H,1-4H3. The van der Waals surface area contributed by atoms with Crippen LogP contribution >= 0.6 is 0 Å². The second-order valence-electron chi connectivity index (χ2n) is 3.43. The van der Waals surface area contributed by atoms with Crippen LogP contribution in [0.1, 0.15) is 51.2 Å². The van der Waals surface area contributed by atoms with Crippen LogP contribution in [0.3, 0.4) is 0 Å². The molecule has 1 heterocycles. The van der Waals surface area contributed by atoms with E-state index in [0.29, 0.717) is 11.8 Å². The van der Waals surface area contributed by atoms with Crippen molar-refractivity contribution < 1.29 is 0 Å². The van der Waals surface area contributed by atoms with E-state index in [2.05, 4.69) is 20.4 Å². The highest BCUT2D eigenvalue weighted by Gasteiger charge is 2.08. The van der Waals surface area contributed by atoms with Gasteiger partial charge in [-0.05, 0) is 5.21 Å². The van der Waals surface area contributed by atoms with Gasteiger partial charge in [0.2, 0.25) is 0 Å². The van der Waals surface area contributed by atoms with E-state index in [9.17, 15) is 0 Å². The molecule has 0 bridgehead atoms. The Morgan fingerprint density at radius 1 is 0.833 bits per heavy atom. The molecule has 4 heteroatoms. The first-order chi connectivity index (χ1) is 5.61. The van der Waals surface area contributed by atoms with Crippen molar-refractivity contribution in [1.29, 1.82) is 0 Å². The minimum absolute atomic E-state index is 0.318. The highest BCUT2D eigenvalue weighted by Crippen LogP contribution is 2.10. The largest absolute Gasteiger partial charge is 0.214 e. The van der Waals surface area contributed by atoms with Gasteiger partial charge in [0.15, 0.2) is 11.6 Å². The number of aromatic nitrogens is 4. The predicted molar refractivity (Wildman–Crippen MR) is 45.8 cm³/mol. The molecule has 1 rings (SSSR count). The quantitative estimate of drug-likeness (QED) is 0.668. The molecule has 0 aliphatic carbocycles. The third kappa shape index (κ3) is 1.96. The molecule has 1 aromatic heterocycles. The number of hydrogen-bond acceptors (Lipinski definition) is 4. The Balaban J connectivity index is 2.96. The summed E-state index contributed by atoms with van der Waals surface area (Å²) in [4.78, 5) is 4.29. The molecular formula is C8H14N4. The van der Waals surface area contributed by atoms with Crippen molar-refractivity contribution in [3.63, 3.8) is 0 Å².